The van der Waals surface area contributed by atoms with Gasteiger partial charge in [-0.25, -0.2) is 4.98 Å². The van der Waals surface area contributed by atoms with E-state index in [1.165, 1.54) is 10.7 Å². The number of fused-ring (bicyclic) bond motifs is 3. The van der Waals surface area contributed by atoms with Gasteiger partial charge in [-0.15, -0.1) is 0 Å². The predicted molar refractivity (Wildman–Crippen MR) is 75.5 cm³/mol. The molecular weight excluding hydrogens is 282 g/mol. The van der Waals surface area contributed by atoms with Crippen molar-refractivity contribution in [2.24, 2.45) is 0 Å². The van der Waals surface area contributed by atoms with Crippen LogP contribution in [-0.2, 0) is 6.42 Å². The first kappa shape index (κ1) is 13.1. The minimum absolute atomic E-state index is 0.121. The Balaban J connectivity index is 2.33. The molecule has 3 rings (SSSR count). The number of hydrogen-bond donors (Lipinski definition) is 0. The molecule has 0 amide bonds. The smallest absolute Gasteiger partial charge is 0.333 e. The van der Waals surface area contributed by atoms with Gasteiger partial charge in [0.1, 0.15) is 17.2 Å². The molecule has 0 saturated heterocycles. The number of hydrogen-bond acceptors (Lipinski definition) is 5. The SMILES string of the molecule is CC(C)(C)N1CCc2c(Cl)nc3c([N+](=O)[O-])cnn3c21. The number of anilines is 1. The van der Waals surface area contributed by atoms with Crippen LogP contribution in [0.15, 0.2) is 6.20 Å². The van der Waals surface area contributed by atoms with Gasteiger partial charge in [-0.05, 0) is 27.2 Å². The quantitative estimate of drug-likeness (QED) is 0.459. The molecule has 0 spiro atoms. The van der Waals surface area contributed by atoms with Crippen molar-refractivity contribution < 1.29 is 4.92 Å². The van der Waals surface area contributed by atoms with Gasteiger partial charge in [0.25, 0.3) is 0 Å². The lowest BCUT2D eigenvalue weighted by atomic mass is 10.1. The zero-order valence-corrected chi connectivity index (χ0v) is 12.2. The molecule has 8 heteroatoms. The van der Waals surface area contributed by atoms with E-state index < -0.39 is 4.92 Å². The average molecular weight is 296 g/mol. The van der Waals surface area contributed by atoms with Crippen LogP contribution < -0.4 is 4.90 Å². The van der Waals surface area contributed by atoms with Crippen LogP contribution in [0.4, 0.5) is 11.5 Å². The standard InChI is InChI=1S/C12H14ClN5O2/c1-12(2,3)16-5-4-7-9(13)15-10-8(18(19)20)6-14-17(10)11(7)16/h6H,4-5H2,1-3H3. The normalized spacial score (nSPS) is 14.9. The Hall–Kier alpha value is -1.89. The third-order valence-electron chi connectivity index (χ3n) is 3.50. The van der Waals surface area contributed by atoms with Crippen LogP contribution >= 0.6 is 11.6 Å². The molecule has 2 aromatic heterocycles. The molecule has 20 heavy (non-hydrogen) atoms. The maximum absolute atomic E-state index is 11.0. The first-order valence-corrected chi connectivity index (χ1v) is 6.66. The van der Waals surface area contributed by atoms with Crippen molar-refractivity contribution in [1.29, 1.82) is 0 Å². The Kier molecular flexibility index (Phi) is 2.66. The summed E-state index contributed by atoms with van der Waals surface area (Å²) < 4.78 is 1.53. The second kappa shape index (κ2) is 4.05. The summed E-state index contributed by atoms with van der Waals surface area (Å²) in [7, 11) is 0. The highest BCUT2D eigenvalue weighted by Gasteiger charge is 2.34. The first-order chi connectivity index (χ1) is 9.30. The molecule has 2 aromatic rings. The predicted octanol–water partition coefficient (Wildman–Crippen LogP) is 2.45. The first-order valence-electron chi connectivity index (χ1n) is 6.29. The van der Waals surface area contributed by atoms with E-state index in [0.29, 0.717) is 5.15 Å². The van der Waals surface area contributed by atoms with E-state index in [1.54, 1.807) is 0 Å². The lowest BCUT2D eigenvalue weighted by Gasteiger charge is -2.34. The Morgan fingerprint density at radius 3 is 2.75 bits per heavy atom. The highest BCUT2D eigenvalue weighted by Crippen LogP contribution is 2.38. The van der Waals surface area contributed by atoms with Gasteiger partial charge < -0.3 is 4.90 Å². The van der Waals surface area contributed by atoms with Crippen molar-refractivity contribution in [3.8, 4) is 0 Å². The molecule has 3 heterocycles. The van der Waals surface area contributed by atoms with Crippen LogP contribution in [0.25, 0.3) is 5.65 Å². The molecule has 0 aliphatic carbocycles. The maximum atomic E-state index is 11.0. The fourth-order valence-corrected chi connectivity index (χ4v) is 2.84. The van der Waals surface area contributed by atoms with E-state index in [2.05, 4.69) is 35.8 Å². The minimum atomic E-state index is -0.492. The van der Waals surface area contributed by atoms with E-state index in [4.69, 9.17) is 11.6 Å². The molecule has 0 saturated carbocycles. The highest BCUT2D eigenvalue weighted by molar-refractivity contribution is 6.30. The lowest BCUT2D eigenvalue weighted by Crippen LogP contribution is -2.41. The summed E-state index contributed by atoms with van der Waals surface area (Å²) in [5, 5.41) is 15.5. The summed E-state index contributed by atoms with van der Waals surface area (Å²) in [5.41, 5.74) is 0.835. The van der Waals surface area contributed by atoms with E-state index in [-0.39, 0.29) is 16.9 Å². The summed E-state index contributed by atoms with van der Waals surface area (Å²) in [6.07, 6.45) is 1.99. The van der Waals surface area contributed by atoms with Crippen LogP contribution in [0.5, 0.6) is 0 Å². The summed E-state index contributed by atoms with van der Waals surface area (Å²) in [5.74, 6) is 0.806. The van der Waals surface area contributed by atoms with Crippen molar-refractivity contribution >= 4 is 28.8 Å². The highest BCUT2D eigenvalue weighted by atomic mass is 35.5. The van der Waals surface area contributed by atoms with Crippen molar-refractivity contribution in [3.63, 3.8) is 0 Å². The van der Waals surface area contributed by atoms with Gasteiger partial charge in [-0.2, -0.15) is 9.61 Å². The summed E-state index contributed by atoms with van der Waals surface area (Å²) in [6, 6.07) is 0. The molecule has 0 fully saturated rings. The van der Waals surface area contributed by atoms with Gasteiger partial charge in [-0.1, -0.05) is 11.6 Å². The van der Waals surface area contributed by atoms with Crippen molar-refractivity contribution in [2.45, 2.75) is 32.7 Å². The van der Waals surface area contributed by atoms with E-state index in [9.17, 15) is 10.1 Å². The van der Waals surface area contributed by atoms with E-state index in [1.807, 2.05) is 0 Å². The maximum Gasteiger partial charge on any atom is 0.333 e. The van der Waals surface area contributed by atoms with Crippen molar-refractivity contribution in [3.05, 3.63) is 27.0 Å². The number of halogens is 1. The van der Waals surface area contributed by atoms with Gasteiger partial charge in [0.05, 0.1) is 4.92 Å². The fraction of sp³-hybridized carbons (Fsp3) is 0.500. The zero-order valence-electron chi connectivity index (χ0n) is 11.4. The van der Waals surface area contributed by atoms with Crippen molar-refractivity contribution in [2.75, 3.05) is 11.4 Å². The Morgan fingerprint density at radius 2 is 2.15 bits per heavy atom. The monoisotopic (exact) mass is 295 g/mol. The zero-order chi connectivity index (χ0) is 14.7. The van der Waals surface area contributed by atoms with Crippen molar-refractivity contribution in [1.82, 2.24) is 14.6 Å². The molecule has 1 aliphatic heterocycles. The second-order valence-electron chi connectivity index (χ2n) is 5.80. The van der Waals surface area contributed by atoms with Gasteiger partial charge >= 0.3 is 5.69 Å². The third-order valence-corrected chi connectivity index (χ3v) is 3.81. The van der Waals surface area contributed by atoms with Crippen LogP contribution in [-0.4, -0.2) is 31.6 Å². The molecule has 0 atom stereocenters. The summed E-state index contributed by atoms with van der Waals surface area (Å²) >= 11 is 6.20. The minimum Gasteiger partial charge on any atom is -0.351 e. The number of nitro groups is 1. The average Bonchev–Trinajstić information content (AvgIpc) is 2.89. The van der Waals surface area contributed by atoms with Crippen LogP contribution in [0.1, 0.15) is 26.3 Å². The third kappa shape index (κ3) is 1.73. The molecule has 0 N–H and O–H groups in total. The summed E-state index contributed by atoms with van der Waals surface area (Å²) in [6.45, 7) is 7.05. The van der Waals surface area contributed by atoms with Crippen LogP contribution in [0.2, 0.25) is 5.15 Å². The largest absolute Gasteiger partial charge is 0.351 e. The molecule has 0 radical (unpaired) electrons. The Morgan fingerprint density at radius 1 is 1.45 bits per heavy atom. The van der Waals surface area contributed by atoms with E-state index in [0.717, 1.165) is 24.3 Å². The Labute approximate surface area is 120 Å². The molecular formula is C12H14ClN5O2. The number of nitrogens with zero attached hydrogens (tertiary/aromatic N) is 5. The fourth-order valence-electron chi connectivity index (χ4n) is 2.58. The van der Waals surface area contributed by atoms with E-state index >= 15 is 0 Å². The number of rotatable bonds is 1. The van der Waals surface area contributed by atoms with Crippen LogP contribution in [0.3, 0.4) is 0 Å². The topological polar surface area (TPSA) is 76.6 Å². The molecule has 0 aromatic carbocycles. The van der Waals surface area contributed by atoms with Gasteiger partial charge in [0, 0.05) is 17.6 Å². The van der Waals surface area contributed by atoms with Crippen LogP contribution in [0, 0.1) is 10.1 Å². The van der Waals surface area contributed by atoms with Gasteiger partial charge in [-0.3, -0.25) is 10.1 Å². The van der Waals surface area contributed by atoms with Gasteiger partial charge in [0.2, 0.25) is 5.65 Å². The molecule has 1 aliphatic rings. The molecule has 106 valence electrons. The van der Waals surface area contributed by atoms with Gasteiger partial charge in [0.15, 0.2) is 0 Å². The second-order valence-corrected chi connectivity index (χ2v) is 6.16. The molecule has 0 unspecified atom stereocenters. The summed E-state index contributed by atoms with van der Waals surface area (Å²) in [4.78, 5) is 16.8. The molecule has 7 nitrogen and oxygen atoms in total. The number of aromatic nitrogens is 3. The Bertz CT molecular complexity index is 719. The molecule has 0 bridgehead atoms. The lowest BCUT2D eigenvalue weighted by molar-refractivity contribution is -0.383.